The van der Waals surface area contributed by atoms with Crippen LogP contribution in [0.2, 0.25) is 0 Å². The van der Waals surface area contributed by atoms with Gasteiger partial charge in [0, 0.05) is 0 Å². The summed E-state index contributed by atoms with van der Waals surface area (Å²) >= 11 is 0. The lowest BCUT2D eigenvalue weighted by atomic mass is 10.0. The van der Waals surface area contributed by atoms with Gasteiger partial charge in [-0.3, -0.25) is 0 Å². The van der Waals surface area contributed by atoms with E-state index < -0.39 is 0 Å². The molecule has 66 valence electrons. The molecule has 0 aromatic rings. The van der Waals surface area contributed by atoms with Gasteiger partial charge in [0.05, 0.1) is 0 Å². The molecular weight excluding hydrogens is 144 g/mol. The molecule has 0 unspecified atom stereocenters. The standard InChI is InChI=1S/C12H18/c1-3-8-12-10-7-5-6-9-11(12)4-2/h3-4,8H,2,5-7,9-10H2,1H3/b8-3-. The molecule has 0 heterocycles. The van der Waals surface area contributed by atoms with Crippen LogP contribution in [0, 0.1) is 0 Å². The Balaban J connectivity index is 2.81. The average molecular weight is 162 g/mol. The Hall–Kier alpha value is -0.780. The maximum Gasteiger partial charge on any atom is -0.0276 e. The predicted octanol–water partition coefficient (Wildman–Crippen LogP) is 4.01. The van der Waals surface area contributed by atoms with Crippen molar-refractivity contribution in [2.24, 2.45) is 0 Å². The molecule has 0 aliphatic heterocycles. The summed E-state index contributed by atoms with van der Waals surface area (Å²) in [6.45, 7) is 5.95. The number of rotatable bonds is 2. The molecule has 12 heavy (non-hydrogen) atoms. The van der Waals surface area contributed by atoms with Gasteiger partial charge in [-0.2, -0.15) is 0 Å². The first-order valence-electron chi connectivity index (χ1n) is 4.85. The fourth-order valence-corrected chi connectivity index (χ4v) is 1.75. The monoisotopic (exact) mass is 162 g/mol. The lowest BCUT2D eigenvalue weighted by Gasteiger charge is -2.03. The van der Waals surface area contributed by atoms with Crippen molar-refractivity contribution in [1.29, 1.82) is 0 Å². The van der Waals surface area contributed by atoms with Crippen molar-refractivity contribution in [3.05, 3.63) is 36.0 Å². The van der Waals surface area contributed by atoms with Crippen molar-refractivity contribution < 1.29 is 0 Å². The SMILES string of the molecule is C=CC1=C(/C=C\C)CCCCC1. The first-order valence-corrected chi connectivity index (χ1v) is 4.85. The van der Waals surface area contributed by atoms with Gasteiger partial charge in [0.25, 0.3) is 0 Å². The zero-order valence-corrected chi connectivity index (χ0v) is 7.97. The van der Waals surface area contributed by atoms with Crippen LogP contribution in [0.4, 0.5) is 0 Å². The Morgan fingerprint density at radius 1 is 1.08 bits per heavy atom. The summed E-state index contributed by atoms with van der Waals surface area (Å²) in [5.41, 5.74) is 2.97. The highest BCUT2D eigenvalue weighted by Gasteiger charge is 2.05. The van der Waals surface area contributed by atoms with Crippen LogP contribution in [0.5, 0.6) is 0 Å². The molecule has 0 spiro atoms. The highest BCUT2D eigenvalue weighted by atomic mass is 14.1. The lowest BCUT2D eigenvalue weighted by Crippen LogP contribution is -1.83. The molecule has 0 bridgehead atoms. The zero-order chi connectivity index (χ0) is 8.81. The van der Waals surface area contributed by atoms with E-state index in [0.29, 0.717) is 0 Å². The Labute approximate surface area is 75.7 Å². The van der Waals surface area contributed by atoms with Crippen molar-refractivity contribution in [2.75, 3.05) is 0 Å². The van der Waals surface area contributed by atoms with Crippen LogP contribution >= 0.6 is 0 Å². The largest absolute Gasteiger partial charge is 0.0988 e. The number of allylic oxidation sites excluding steroid dienone is 5. The molecule has 0 fully saturated rings. The maximum atomic E-state index is 3.87. The summed E-state index contributed by atoms with van der Waals surface area (Å²) in [7, 11) is 0. The van der Waals surface area contributed by atoms with Crippen molar-refractivity contribution in [3.63, 3.8) is 0 Å². The summed E-state index contributed by atoms with van der Waals surface area (Å²) < 4.78 is 0. The van der Waals surface area contributed by atoms with Crippen molar-refractivity contribution >= 4 is 0 Å². The van der Waals surface area contributed by atoms with Gasteiger partial charge in [-0.25, -0.2) is 0 Å². The van der Waals surface area contributed by atoms with E-state index in [1.807, 2.05) is 6.08 Å². The minimum atomic E-state index is 1.23. The first kappa shape index (κ1) is 9.31. The minimum Gasteiger partial charge on any atom is -0.0988 e. The second kappa shape index (κ2) is 4.97. The first-order chi connectivity index (χ1) is 5.88. The van der Waals surface area contributed by atoms with E-state index in [9.17, 15) is 0 Å². The van der Waals surface area contributed by atoms with E-state index in [4.69, 9.17) is 0 Å². The summed E-state index contributed by atoms with van der Waals surface area (Å²) in [5.74, 6) is 0. The quantitative estimate of drug-likeness (QED) is 0.575. The molecule has 1 rings (SSSR count). The molecule has 0 N–H and O–H groups in total. The van der Waals surface area contributed by atoms with E-state index >= 15 is 0 Å². The molecule has 0 aromatic heterocycles. The normalized spacial score (nSPS) is 19.8. The molecule has 0 amide bonds. The Morgan fingerprint density at radius 2 is 1.75 bits per heavy atom. The van der Waals surface area contributed by atoms with Gasteiger partial charge in [-0.1, -0.05) is 31.2 Å². The number of hydrogen-bond donors (Lipinski definition) is 0. The van der Waals surface area contributed by atoms with Crippen LogP contribution in [0.15, 0.2) is 36.0 Å². The zero-order valence-electron chi connectivity index (χ0n) is 7.97. The molecule has 0 radical (unpaired) electrons. The smallest absolute Gasteiger partial charge is 0.0276 e. The van der Waals surface area contributed by atoms with Crippen LogP contribution < -0.4 is 0 Å². The van der Waals surface area contributed by atoms with Gasteiger partial charge in [-0.15, -0.1) is 0 Å². The molecule has 0 atom stereocenters. The molecular formula is C12H18. The fourth-order valence-electron chi connectivity index (χ4n) is 1.75. The van der Waals surface area contributed by atoms with Crippen LogP contribution in [0.3, 0.4) is 0 Å². The molecule has 1 aliphatic carbocycles. The maximum absolute atomic E-state index is 3.87. The second-order valence-corrected chi connectivity index (χ2v) is 3.32. The van der Waals surface area contributed by atoms with Gasteiger partial charge in [0.1, 0.15) is 0 Å². The highest BCUT2D eigenvalue weighted by Crippen LogP contribution is 2.24. The van der Waals surface area contributed by atoms with E-state index in [2.05, 4.69) is 25.7 Å². The third-order valence-corrected chi connectivity index (χ3v) is 2.42. The van der Waals surface area contributed by atoms with Crippen molar-refractivity contribution in [3.8, 4) is 0 Å². The summed E-state index contributed by atoms with van der Waals surface area (Å²) in [5, 5.41) is 0. The Bertz CT molecular complexity index is 206. The lowest BCUT2D eigenvalue weighted by molar-refractivity contribution is 0.710. The van der Waals surface area contributed by atoms with Crippen molar-refractivity contribution in [1.82, 2.24) is 0 Å². The summed E-state index contributed by atoms with van der Waals surface area (Å²) in [6.07, 6.45) is 12.9. The topological polar surface area (TPSA) is 0 Å². The van der Waals surface area contributed by atoms with Crippen molar-refractivity contribution in [2.45, 2.75) is 39.0 Å². The number of hydrogen-bond acceptors (Lipinski definition) is 0. The van der Waals surface area contributed by atoms with E-state index in [-0.39, 0.29) is 0 Å². The highest BCUT2D eigenvalue weighted by molar-refractivity contribution is 5.32. The third-order valence-electron chi connectivity index (χ3n) is 2.42. The van der Waals surface area contributed by atoms with Gasteiger partial charge in [0.2, 0.25) is 0 Å². The van der Waals surface area contributed by atoms with Crippen LogP contribution in [-0.4, -0.2) is 0 Å². The molecule has 0 saturated heterocycles. The van der Waals surface area contributed by atoms with Gasteiger partial charge < -0.3 is 0 Å². The molecule has 0 saturated carbocycles. The summed E-state index contributed by atoms with van der Waals surface area (Å²) in [4.78, 5) is 0. The van der Waals surface area contributed by atoms with E-state index in [1.54, 1.807) is 0 Å². The van der Waals surface area contributed by atoms with Crippen LogP contribution in [0.25, 0.3) is 0 Å². The third kappa shape index (κ3) is 2.37. The van der Waals surface area contributed by atoms with E-state index in [0.717, 1.165) is 0 Å². The average Bonchev–Trinajstić information content (AvgIpc) is 2.30. The second-order valence-electron chi connectivity index (χ2n) is 3.32. The predicted molar refractivity (Wildman–Crippen MR) is 55.1 cm³/mol. The molecule has 0 heteroatoms. The van der Waals surface area contributed by atoms with Gasteiger partial charge >= 0.3 is 0 Å². The van der Waals surface area contributed by atoms with Gasteiger partial charge in [-0.05, 0) is 43.8 Å². The molecule has 1 aliphatic rings. The fraction of sp³-hybridized carbons (Fsp3) is 0.500. The van der Waals surface area contributed by atoms with E-state index in [1.165, 1.54) is 43.3 Å². The summed E-state index contributed by atoms with van der Waals surface area (Å²) in [6, 6.07) is 0. The van der Waals surface area contributed by atoms with Gasteiger partial charge in [0.15, 0.2) is 0 Å². The molecule has 0 nitrogen and oxygen atoms in total. The van der Waals surface area contributed by atoms with Crippen LogP contribution in [-0.2, 0) is 0 Å². The Kier molecular flexibility index (Phi) is 3.86. The van der Waals surface area contributed by atoms with Crippen LogP contribution in [0.1, 0.15) is 39.0 Å². The minimum absolute atomic E-state index is 1.23. The molecule has 0 aromatic carbocycles. The Morgan fingerprint density at radius 3 is 2.33 bits per heavy atom.